The molecular weight excluding hydrogens is 354 g/mol. The summed E-state index contributed by atoms with van der Waals surface area (Å²) in [7, 11) is 0. The van der Waals surface area contributed by atoms with Gasteiger partial charge in [-0.3, -0.25) is 9.59 Å². The zero-order chi connectivity index (χ0) is 18.5. The maximum Gasteiger partial charge on any atom is 0.241 e. The number of hydrogen-bond acceptors (Lipinski definition) is 4. The van der Waals surface area contributed by atoms with Crippen molar-refractivity contribution < 1.29 is 14.0 Å². The zero-order valence-corrected chi connectivity index (χ0v) is 15.5. The molecule has 0 aliphatic carbocycles. The first kappa shape index (κ1) is 18.5. The highest BCUT2D eigenvalue weighted by atomic mass is 35.5. The number of aromatic nitrogens is 1. The molecule has 1 atom stereocenters. The summed E-state index contributed by atoms with van der Waals surface area (Å²) in [5.41, 5.74) is 1.07. The van der Waals surface area contributed by atoms with Gasteiger partial charge in [-0.2, -0.15) is 0 Å². The van der Waals surface area contributed by atoms with E-state index in [9.17, 15) is 9.59 Å². The Balaban J connectivity index is 1.61. The average Bonchev–Trinajstić information content (AvgIpc) is 3.08. The van der Waals surface area contributed by atoms with Gasteiger partial charge in [0.25, 0.3) is 0 Å². The smallest absolute Gasteiger partial charge is 0.241 e. The van der Waals surface area contributed by atoms with Crippen LogP contribution in [0.25, 0.3) is 0 Å². The highest BCUT2D eigenvalue weighted by Gasteiger charge is 2.27. The Morgan fingerprint density at radius 3 is 3.04 bits per heavy atom. The van der Waals surface area contributed by atoms with Crippen LogP contribution < -0.4 is 5.32 Å². The van der Waals surface area contributed by atoms with E-state index in [1.807, 2.05) is 24.3 Å². The van der Waals surface area contributed by atoms with Crippen LogP contribution in [0.5, 0.6) is 0 Å². The number of rotatable bonds is 5. The predicted octanol–water partition coefficient (Wildman–Crippen LogP) is 2.76. The number of carbonyl (C=O) groups is 2. The van der Waals surface area contributed by atoms with Crippen molar-refractivity contribution in [2.45, 2.75) is 32.1 Å². The summed E-state index contributed by atoms with van der Waals surface area (Å²) in [6.07, 6.45) is 4.20. The summed E-state index contributed by atoms with van der Waals surface area (Å²) in [6, 6.07) is 7.66. The maximum absolute atomic E-state index is 12.2. The van der Waals surface area contributed by atoms with Gasteiger partial charge >= 0.3 is 0 Å². The van der Waals surface area contributed by atoms with Crippen LogP contribution in [0.15, 0.2) is 34.9 Å². The van der Waals surface area contributed by atoms with Crippen molar-refractivity contribution in [1.82, 2.24) is 15.2 Å². The SMILES string of the molecule is CC(=O)NCC(=O)N1CCC[C@H](c2ncc(Cc3cccc(Cl)c3)o2)C1. The van der Waals surface area contributed by atoms with E-state index < -0.39 is 0 Å². The minimum absolute atomic E-state index is 0.0354. The Morgan fingerprint density at radius 2 is 2.27 bits per heavy atom. The Bertz CT molecular complexity index is 790. The molecule has 1 N–H and O–H groups in total. The number of nitrogens with one attached hydrogen (secondary N) is 1. The first-order valence-corrected chi connectivity index (χ1v) is 9.10. The summed E-state index contributed by atoms with van der Waals surface area (Å²) in [6.45, 7) is 2.70. The standard InChI is InChI=1S/C19H22ClN3O3/c1-13(24)21-11-18(25)23-7-3-5-15(12-23)19-22-10-17(26-19)9-14-4-2-6-16(20)8-14/h2,4,6,8,10,15H,3,5,7,9,11-12H2,1H3,(H,21,24)/t15-/m0/s1. The quantitative estimate of drug-likeness (QED) is 0.871. The minimum atomic E-state index is -0.203. The number of halogens is 1. The molecule has 0 bridgehead atoms. The largest absolute Gasteiger partial charge is 0.445 e. The van der Waals surface area contributed by atoms with Crippen LogP contribution in [0, 0.1) is 0 Å². The second-order valence-electron chi connectivity index (χ2n) is 6.56. The molecule has 0 unspecified atom stereocenters. The van der Waals surface area contributed by atoms with E-state index in [2.05, 4.69) is 10.3 Å². The van der Waals surface area contributed by atoms with Gasteiger partial charge in [0.1, 0.15) is 5.76 Å². The van der Waals surface area contributed by atoms with Gasteiger partial charge in [-0.05, 0) is 30.5 Å². The van der Waals surface area contributed by atoms with Crippen molar-refractivity contribution in [2.24, 2.45) is 0 Å². The molecule has 6 nitrogen and oxygen atoms in total. The van der Waals surface area contributed by atoms with Gasteiger partial charge in [0.15, 0.2) is 5.89 Å². The Labute approximate surface area is 157 Å². The van der Waals surface area contributed by atoms with Crippen LogP contribution in [-0.4, -0.2) is 41.3 Å². The fourth-order valence-corrected chi connectivity index (χ4v) is 3.37. The van der Waals surface area contributed by atoms with Crippen LogP contribution in [0.3, 0.4) is 0 Å². The van der Waals surface area contributed by atoms with E-state index in [4.69, 9.17) is 16.0 Å². The number of hydrogen-bond donors (Lipinski definition) is 1. The van der Waals surface area contributed by atoms with Gasteiger partial charge < -0.3 is 14.6 Å². The molecule has 1 aliphatic rings. The van der Waals surface area contributed by atoms with Crippen LogP contribution >= 0.6 is 11.6 Å². The molecule has 0 radical (unpaired) electrons. The lowest BCUT2D eigenvalue weighted by Gasteiger charge is -2.31. The number of oxazole rings is 1. The van der Waals surface area contributed by atoms with E-state index in [1.54, 1.807) is 11.1 Å². The first-order valence-electron chi connectivity index (χ1n) is 8.72. The lowest BCUT2D eigenvalue weighted by Crippen LogP contribution is -2.44. The molecular formula is C19H22ClN3O3. The third-order valence-corrected chi connectivity index (χ3v) is 4.69. The van der Waals surface area contributed by atoms with Crippen molar-refractivity contribution in [3.8, 4) is 0 Å². The van der Waals surface area contributed by atoms with Crippen molar-refractivity contribution in [1.29, 1.82) is 0 Å². The highest BCUT2D eigenvalue weighted by molar-refractivity contribution is 6.30. The molecule has 1 aliphatic heterocycles. The molecule has 26 heavy (non-hydrogen) atoms. The molecule has 0 saturated carbocycles. The lowest BCUT2D eigenvalue weighted by molar-refractivity contribution is -0.133. The highest BCUT2D eigenvalue weighted by Crippen LogP contribution is 2.27. The lowest BCUT2D eigenvalue weighted by atomic mass is 9.98. The van der Waals surface area contributed by atoms with E-state index in [0.717, 1.165) is 24.2 Å². The van der Waals surface area contributed by atoms with Gasteiger partial charge in [-0.15, -0.1) is 0 Å². The number of nitrogens with zero attached hydrogens (tertiary/aromatic N) is 2. The molecule has 0 spiro atoms. The topological polar surface area (TPSA) is 75.4 Å². The zero-order valence-electron chi connectivity index (χ0n) is 14.7. The maximum atomic E-state index is 12.2. The number of benzene rings is 1. The normalized spacial score (nSPS) is 17.2. The molecule has 1 saturated heterocycles. The van der Waals surface area contributed by atoms with Crippen LogP contribution in [0.4, 0.5) is 0 Å². The molecule has 3 rings (SSSR count). The molecule has 1 aromatic carbocycles. The predicted molar refractivity (Wildman–Crippen MR) is 98.0 cm³/mol. The number of carbonyl (C=O) groups excluding carboxylic acids is 2. The molecule has 2 heterocycles. The second-order valence-corrected chi connectivity index (χ2v) is 7.00. The van der Waals surface area contributed by atoms with Gasteiger partial charge in [0.05, 0.1) is 18.7 Å². The monoisotopic (exact) mass is 375 g/mol. The summed E-state index contributed by atoms with van der Waals surface area (Å²) in [5, 5.41) is 3.25. The van der Waals surface area contributed by atoms with Crippen molar-refractivity contribution in [3.63, 3.8) is 0 Å². The fourth-order valence-electron chi connectivity index (χ4n) is 3.16. The number of amides is 2. The van der Waals surface area contributed by atoms with Crippen molar-refractivity contribution in [2.75, 3.05) is 19.6 Å². The summed E-state index contributed by atoms with van der Waals surface area (Å²) in [5.74, 6) is 1.25. The van der Waals surface area contributed by atoms with E-state index in [0.29, 0.717) is 30.4 Å². The molecule has 138 valence electrons. The van der Waals surface area contributed by atoms with Crippen LogP contribution in [0.1, 0.15) is 42.9 Å². The Morgan fingerprint density at radius 1 is 1.42 bits per heavy atom. The van der Waals surface area contributed by atoms with E-state index in [1.165, 1.54) is 6.92 Å². The number of likely N-dealkylation sites (tertiary alicyclic amines) is 1. The summed E-state index contributed by atoms with van der Waals surface area (Å²) < 4.78 is 5.93. The van der Waals surface area contributed by atoms with Crippen molar-refractivity contribution in [3.05, 3.63) is 52.7 Å². The van der Waals surface area contributed by atoms with Gasteiger partial charge in [-0.25, -0.2) is 4.98 Å². The third kappa shape index (κ3) is 4.85. The van der Waals surface area contributed by atoms with Crippen LogP contribution in [0.2, 0.25) is 5.02 Å². The number of piperidine rings is 1. The molecule has 7 heteroatoms. The Hall–Kier alpha value is -2.34. The fraction of sp³-hybridized carbons (Fsp3) is 0.421. The third-order valence-electron chi connectivity index (χ3n) is 4.45. The summed E-state index contributed by atoms with van der Waals surface area (Å²) in [4.78, 5) is 29.4. The van der Waals surface area contributed by atoms with E-state index >= 15 is 0 Å². The molecule has 2 amide bonds. The summed E-state index contributed by atoms with van der Waals surface area (Å²) >= 11 is 6.02. The van der Waals surface area contributed by atoms with Crippen molar-refractivity contribution >= 4 is 23.4 Å². The minimum Gasteiger partial charge on any atom is -0.445 e. The van der Waals surface area contributed by atoms with Gasteiger partial charge in [0.2, 0.25) is 11.8 Å². The molecule has 1 fully saturated rings. The molecule has 2 aromatic rings. The van der Waals surface area contributed by atoms with Gasteiger partial charge in [0, 0.05) is 31.5 Å². The molecule has 1 aromatic heterocycles. The second kappa shape index (κ2) is 8.36. The average molecular weight is 376 g/mol. The van der Waals surface area contributed by atoms with Crippen LogP contribution in [-0.2, 0) is 16.0 Å². The first-order chi connectivity index (χ1) is 12.5. The van der Waals surface area contributed by atoms with E-state index in [-0.39, 0.29) is 24.3 Å². The van der Waals surface area contributed by atoms with Gasteiger partial charge in [-0.1, -0.05) is 23.7 Å². The Kier molecular flexibility index (Phi) is 5.93.